The molecule has 1 unspecified atom stereocenters. The standard InChI is InChI=1S/C11H15FN2/c1-2-14-7-8(6-13)10-4-3-9(12)5-11(10)14/h3-5,8H,2,6-7,13H2,1H3. The van der Waals surface area contributed by atoms with Crippen molar-refractivity contribution < 1.29 is 4.39 Å². The van der Waals surface area contributed by atoms with Crippen LogP contribution in [-0.2, 0) is 0 Å². The lowest BCUT2D eigenvalue weighted by molar-refractivity contribution is 0.627. The number of likely N-dealkylation sites (N-methyl/N-ethyl adjacent to an activating group) is 1. The summed E-state index contributed by atoms with van der Waals surface area (Å²) < 4.78 is 13.0. The van der Waals surface area contributed by atoms with Gasteiger partial charge in [-0.25, -0.2) is 4.39 Å². The van der Waals surface area contributed by atoms with Crippen molar-refractivity contribution in [2.45, 2.75) is 12.8 Å². The molecule has 1 atom stereocenters. The Kier molecular flexibility index (Phi) is 2.42. The normalized spacial score (nSPS) is 19.9. The molecule has 1 aromatic rings. The van der Waals surface area contributed by atoms with Gasteiger partial charge < -0.3 is 10.6 Å². The van der Waals surface area contributed by atoms with Crippen LogP contribution in [0.2, 0.25) is 0 Å². The molecule has 3 heteroatoms. The van der Waals surface area contributed by atoms with Crippen molar-refractivity contribution in [3.8, 4) is 0 Å². The lowest BCUT2D eigenvalue weighted by Gasteiger charge is -2.16. The number of anilines is 1. The van der Waals surface area contributed by atoms with Crippen LogP contribution in [0.4, 0.5) is 10.1 Å². The van der Waals surface area contributed by atoms with Crippen molar-refractivity contribution in [3.63, 3.8) is 0 Å². The highest BCUT2D eigenvalue weighted by atomic mass is 19.1. The number of rotatable bonds is 2. The molecule has 1 aromatic carbocycles. The minimum Gasteiger partial charge on any atom is -0.371 e. The molecule has 0 aliphatic carbocycles. The van der Waals surface area contributed by atoms with E-state index in [1.807, 2.05) is 6.07 Å². The van der Waals surface area contributed by atoms with E-state index in [2.05, 4.69) is 11.8 Å². The fourth-order valence-corrected chi connectivity index (χ4v) is 2.10. The average molecular weight is 194 g/mol. The Balaban J connectivity index is 2.42. The molecule has 2 N–H and O–H groups in total. The van der Waals surface area contributed by atoms with E-state index >= 15 is 0 Å². The zero-order chi connectivity index (χ0) is 10.1. The summed E-state index contributed by atoms with van der Waals surface area (Å²) in [5.41, 5.74) is 7.89. The van der Waals surface area contributed by atoms with Gasteiger partial charge in [-0.15, -0.1) is 0 Å². The summed E-state index contributed by atoms with van der Waals surface area (Å²) in [7, 11) is 0. The molecule has 76 valence electrons. The Morgan fingerprint density at radius 2 is 2.36 bits per heavy atom. The van der Waals surface area contributed by atoms with Gasteiger partial charge in [-0.05, 0) is 24.6 Å². The first-order chi connectivity index (χ1) is 6.76. The van der Waals surface area contributed by atoms with E-state index in [0.717, 1.165) is 18.8 Å². The molecule has 0 aromatic heterocycles. The number of benzene rings is 1. The lowest BCUT2D eigenvalue weighted by atomic mass is 10.0. The van der Waals surface area contributed by atoms with Crippen LogP contribution in [0, 0.1) is 5.82 Å². The molecule has 0 saturated heterocycles. The van der Waals surface area contributed by atoms with Crippen molar-refractivity contribution >= 4 is 5.69 Å². The van der Waals surface area contributed by atoms with E-state index in [1.54, 1.807) is 6.07 Å². The maximum Gasteiger partial charge on any atom is 0.125 e. The van der Waals surface area contributed by atoms with Crippen LogP contribution in [-0.4, -0.2) is 19.6 Å². The van der Waals surface area contributed by atoms with Crippen LogP contribution < -0.4 is 10.6 Å². The van der Waals surface area contributed by atoms with Crippen LogP contribution in [0.3, 0.4) is 0 Å². The van der Waals surface area contributed by atoms with Crippen LogP contribution in [0.5, 0.6) is 0 Å². The van der Waals surface area contributed by atoms with E-state index in [9.17, 15) is 4.39 Å². The topological polar surface area (TPSA) is 29.3 Å². The second-order valence-corrected chi connectivity index (χ2v) is 3.67. The lowest BCUT2D eigenvalue weighted by Crippen LogP contribution is -2.23. The average Bonchev–Trinajstić information content (AvgIpc) is 2.55. The van der Waals surface area contributed by atoms with Gasteiger partial charge in [0.2, 0.25) is 0 Å². The number of nitrogens with two attached hydrogens (primary N) is 1. The van der Waals surface area contributed by atoms with Crippen LogP contribution >= 0.6 is 0 Å². The Bertz CT molecular complexity index is 338. The second kappa shape index (κ2) is 3.58. The highest BCUT2D eigenvalue weighted by Gasteiger charge is 2.26. The third kappa shape index (κ3) is 1.38. The fraction of sp³-hybridized carbons (Fsp3) is 0.455. The predicted octanol–water partition coefficient (Wildman–Crippen LogP) is 1.71. The molecule has 0 fully saturated rings. The first kappa shape index (κ1) is 9.46. The van der Waals surface area contributed by atoms with Crippen LogP contribution in [0.25, 0.3) is 0 Å². The van der Waals surface area contributed by atoms with E-state index in [-0.39, 0.29) is 5.82 Å². The van der Waals surface area contributed by atoms with E-state index < -0.39 is 0 Å². The van der Waals surface area contributed by atoms with Gasteiger partial charge in [0.1, 0.15) is 5.82 Å². The third-order valence-corrected chi connectivity index (χ3v) is 2.88. The van der Waals surface area contributed by atoms with Crippen molar-refractivity contribution in [3.05, 3.63) is 29.6 Å². The summed E-state index contributed by atoms with van der Waals surface area (Å²) in [5.74, 6) is 0.199. The predicted molar refractivity (Wildman–Crippen MR) is 56.1 cm³/mol. The quantitative estimate of drug-likeness (QED) is 0.776. The van der Waals surface area contributed by atoms with Gasteiger partial charge in [0.05, 0.1) is 0 Å². The van der Waals surface area contributed by atoms with E-state index in [0.29, 0.717) is 12.5 Å². The smallest absolute Gasteiger partial charge is 0.125 e. The Hall–Kier alpha value is -1.09. The van der Waals surface area contributed by atoms with Gasteiger partial charge in [-0.1, -0.05) is 6.07 Å². The molecule has 0 radical (unpaired) electrons. The minimum absolute atomic E-state index is 0.167. The molecule has 1 heterocycles. The Labute approximate surface area is 83.5 Å². The van der Waals surface area contributed by atoms with Crippen LogP contribution in [0.1, 0.15) is 18.4 Å². The molecule has 14 heavy (non-hydrogen) atoms. The molecule has 1 aliphatic rings. The van der Waals surface area contributed by atoms with Gasteiger partial charge in [0.15, 0.2) is 0 Å². The largest absolute Gasteiger partial charge is 0.371 e. The number of fused-ring (bicyclic) bond motifs is 1. The third-order valence-electron chi connectivity index (χ3n) is 2.88. The molecule has 2 nitrogen and oxygen atoms in total. The summed E-state index contributed by atoms with van der Waals surface area (Å²) >= 11 is 0. The molecule has 0 spiro atoms. The maximum atomic E-state index is 13.0. The summed E-state index contributed by atoms with van der Waals surface area (Å²) in [6.45, 7) is 4.54. The van der Waals surface area contributed by atoms with Gasteiger partial charge in [-0.3, -0.25) is 0 Å². The summed E-state index contributed by atoms with van der Waals surface area (Å²) in [5, 5.41) is 0. The number of hydrogen-bond donors (Lipinski definition) is 1. The molecular weight excluding hydrogens is 179 g/mol. The summed E-state index contributed by atoms with van der Waals surface area (Å²) in [6.07, 6.45) is 0. The monoisotopic (exact) mass is 194 g/mol. The molecule has 0 amide bonds. The van der Waals surface area contributed by atoms with Crippen LogP contribution in [0.15, 0.2) is 18.2 Å². The fourth-order valence-electron chi connectivity index (χ4n) is 2.10. The van der Waals surface area contributed by atoms with E-state index in [4.69, 9.17) is 5.73 Å². The van der Waals surface area contributed by atoms with Gasteiger partial charge in [-0.2, -0.15) is 0 Å². The molecule has 0 saturated carbocycles. The maximum absolute atomic E-state index is 13.0. The van der Waals surface area contributed by atoms with Crippen molar-refractivity contribution in [1.82, 2.24) is 0 Å². The van der Waals surface area contributed by atoms with Crippen molar-refractivity contribution in [1.29, 1.82) is 0 Å². The molecule has 0 bridgehead atoms. The van der Waals surface area contributed by atoms with E-state index in [1.165, 1.54) is 11.6 Å². The first-order valence-corrected chi connectivity index (χ1v) is 5.00. The van der Waals surface area contributed by atoms with Gasteiger partial charge in [0, 0.05) is 31.2 Å². The highest BCUT2D eigenvalue weighted by molar-refractivity contribution is 5.60. The number of halogens is 1. The summed E-state index contributed by atoms with van der Waals surface area (Å²) in [6, 6.07) is 4.98. The van der Waals surface area contributed by atoms with Crippen molar-refractivity contribution in [2.75, 3.05) is 24.5 Å². The minimum atomic E-state index is -0.167. The zero-order valence-corrected chi connectivity index (χ0v) is 8.33. The number of hydrogen-bond acceptors (Lipinski definition) is 2. The highest BCUT2D eigenvalue weighted by Crippen LogP contribution is 2.35. The Morgan fingerprint density at radius 3 is 3.00 bits per heavy atom. The molecular formula is C11H15FN2. The van der Waals surface area contributed by atoms with Crippen molar-refractivity contribution in [2.24, 2.45) is 5.73 Å². The number of nitrogens with zero attached hydrogens (tertiary/aromatic N) is 1. The van der Waals surface area contributed by atoms with Gasteiger partial charge in [0.25, 0.3) is 0 Å². The zero-order valence-electron chi connectivity index (χ0n) is 8.33. The first-order valence-electron chi connectivity index (χ1n) is 5.00. The SMILES string of the molecule is CCN1CC(CN)c2ccc(F)cc21. The Morgan fingerprint density at radius 1 is 1.57 bits per heavy atom. The molecule has 1 aliphatic heterocycles. The van der Waals surface area contributed by atoms with Gasteiger partial charge >= 0.3 is 0 Å². The summed E-state index contributed by atoms with van der Waals surface area (Å²) in [4.78, 5) is 2.18. The molecule has 2 rings (SSSR count). The second-order valence-electron chi connectivity index (χ2n) is 3.67.